The second-order valence-corrected chi connectivity index (χ2v) is 20.8. The fourth-order valence-electron chi connectivity index (χ4n) is 8.10. The molecule has 12 unspecified atom stereocenters. The fourth-order valence-corrected chi connectivity index (χ4v) is 8.10. The van der Waals surface area contributed by atoms with Gasteiger partial charge >= 0.3 is 17.9 Å². The van der Waals surface area contributed by atoms with Crippen LogP contribution in [-0.2, 0) is 47.7 Å². The van der Waals surface area contributed by atoms with Crippen LogP contribution in [0.4, 0.5) is 0 Å². The fraction of sp³-hybridized carbons (Fsp3) is 0.708. The van der Waals surface area contributed by atoms with Crippen molar-refractivity contribution in [3.05, 3.63) is 69.6 Å². The molecule has 0 aliphatic carbocycles. The molecule has 18 nitrogen and oxygen atoms in total. The van der Waals surface area contributed by atoms with Crippen LogP contribution >= 0.6 is 0 Å². The van der Waals surface area contributed by atoms with Gasteiger partial charge in [-0.2, -0.15) is 0 Å². The number of nitrogens with zero attached hydrogens (tertiary/aromatic N) is 3. The molecule has 0 bridgehead atoms. The third-order valence-electron chi connectivity index (χ3n) is 13.1. The van der Waals surface area contributed by atoms with E-state index in [-0.39, 0.29) is 9.80 Å². The van der Waals surface area contributed by atoms with E-state index in [2.05, 4.69) is 0 Å². The van der Waals surface area contributed by atoms with E-state index in [4.69, 9.17) is 113 Å². The van der Waals surface area contributed by atoms with E-state index in [0.29, 0.717) is 20.8 Å². The standard InChI is InChI=1S/3C24H38N2O4/c3*1-14(2)9-17-13-26-8-7-16-10-21(28-5)22(29-6)11-18(16)19(26)12-20(17)30-24(27)23(25)15(3)4/h3*10-11,14-15,17,19-20,23H,7-9,12-13,25H2,1-6H3/t3*17?,19?,20?,23-/m000/s1/i1D3,7D2,8D2,9D2,10D,11D,12D2,13D2,14D,17D,19D,20D;1D3,5D3,7D2,8D2,9D2,10D,11D,12D2,13D2,14D,17D,20D;1D3,7D2,8D2,9D2,10D,11D,12D2,13D2,14D,17D,20D/t3*14?,17?,19?,20?,23-. The van der Waals surface area contributed by atoms with Gasteiger partial charge in [0, 0.05) is 156 Å². The number of rotatable bonds is 21. The molecule has 15 atom stereocenters. The van der Waals surface area contributed by atoms with Crippen molar-refractivity contribution in [2.24, 2.45) is 70.3 Å². The molecule has 90 heavy (non-hydrogen) atoms. The van der Waals surface area contributed by atoms with Gasteiger partial charge in [0.25, 0.3) is 0 Å². The summed E-state index contributed by atoms with van der Waals surface area (Å²) in [5, 5.41) is 0. The molecule has 3 fully saturated rings. The number of methoxy groups -OCH3 is 6. The van der Waals surface area contributed by atoms with Gasteiger partial charge in [0.05, 0.1) is 60.4 Å². The number of carbonyl (C=O) groups is 3. The molecule has 6 aliphatic rings. The third-order valence-corrected chi connectivity index (χ3v) is 13.1. The molecule has 6 N–H and O–H groups in total. The van der Waals surface area contributed by atoms with Crippen LogP contribution in [0.5, 0.6) is 34.5 Å². The normalized spacial score (nSPS) is 49.8. The van der Waals surface area contributed by atoms with Crippen LogP contribution in [0.2, 0.25) is 0 Å². The average Bonchev–Trinajstić information content (AvgIpc) is 0.613. The van der Waals surface area contributed by atoms with Crippen molar-refractivity contribution in [3.63, 3.8) is 0 Å². The Labute approximate surface area is 621 Å². The first kappa shape index (κ1) is 26.8. The number of carbonyl (C=O) groups excluding carboxylic acids is 3. The van der Waals surface area contributed by atoms with Crippen LogP contribution < -0.4 is 45.6 Å². The Hall–Kier alpha value is -5.37. The molecule has 6 aliphatic heterocycles. The van der Waals surface area contributed by atoms with E-state index >= 15 is 0 Å². The minimum atomic E-state index is -4.61. The zero-order valence-electron chi connectivity index (χ0n) is 110. The van der Waals surface area contributed by atoms with Crippen molar-refractivity contribution < 1.29 is 137 Å². The lowest BCUT2D eigenvalue weighted by Gasteiger charge is -2.47. The lowest BCUT2D eigenvalue weighted by atomic mass is 9.79. The SMILES string of the molecule is [2H]c1c(OC)c(OC([2H])([2H])[2H])c([2H])c2c1C1N(C([2H])([2H])C2([2H])[2H])C([2H])([2H])C([2H])(C([2H])([2H])C([2H])(C)C([2H])([2H])[2H])C([2H])(OC(=O)[C@@H](N)C(C)C)C1([2H])[2H].[2H]c1c(OC)c(OC)c([2H])c2c1C([2H])([2H])C([2H])([2H])N1C([2H])([2H])C([2H])(C([2H])([2H])C([2H])(C)C([2H])([2H])[2H])C([2H])(OC(=O)[C@@H](N)C(C)C)C([2H])([2H])C21[2H].[2H]c1c(OC)c(OC)c([2H])c2c1C1N(C([2H])([2H])C2([2H])[2H])C([2H])([2H])C([2H])(C([2H])([2H])C([2H])(C)C([2H])([2H])[2H])C([2H])(OC(=O)[C@@H](N)C(C)C)C1([2H])[2H]. The first-order valence-electron chi connectivity index (χ1n) is 56.4. The highest BCUT2D eigenvalue weighted by Gasteiger charge is 2.45. The highest BCUT2D eigenvalue weighted by molar-refractivity contribution is 5.77. The Balaban J connectivity index is 0.000000301. The molecule has 6 heterocycles. The van der Waals surface area contributed by atoms with Crippen LogP contribution in [-0.4, -0.2) is 151 Å². The maximum absolute atomic E-state index is 13.4. The number of ether oxygens (including phenoxy) is 9. The quantitative estimate of drug-likeness (QED) is 0.0666. The first-order valence-corrected chi connectivity index (χ1v) is 27.4. The second-order valence-electron chi connectivity index (χ2n) is 20.8. The molecule has 0 saturated carbocycles. The van der Waals surface area contributed by atoms with Gasteiger partial charge in [-0.3, -0.25) is 29.1 Å². The van der Waals surface area contributed by atoms with Gasteiger partial charge in [-0.05, 0) is 143 Å². The Bertz CT molecular complexity index is 5650. The van der Waals surface area contributed by atoms with Crippen LogP contribution in [0, 0.1) is 53.1 Å². The lowest BCUT2D eigenvalue weighted by Crippen LogP contribution is -2.51. The Morgan fingerprint density at radius 2 is 0.800 bits per heavy atom. The maximum atomic E-state index is 13.4. The number of hydrogen-bond donors (Lipinski definition) is 3. The third kappa shape index (κ3) is 17.5. The predicted molar refractivity (Wildman–Crippen MR) is 353 cm³/mol. The Morgan fingerprint density at radius 1 is 0.500 bits per heavy atom. The van der Waals surface area contributed by atoms with Crippen LogP contribution in [0.1, 0.15) is 252 Å². The Kier molecular flexibility index (Phi) is 9.66. The number of hydrogen-bond acceptors (Lipinski definition) is 18. The van der Waals surface area contributed by atoms with Crippen molar-refractivity contribution in [3.8, 4) is 34.5 Å². The van der Waals surface area contributed by atoms with Gasteiger partial charge in [-0.15, -0.1) is 0 Å². The zero-order chi connectivity index (χ0) is 117. The lowest BCUT2D eigenvalue weighted by molar-refractivity contribution is -0.161. The summed E-state index contributed by atoms with van der Waals surface area (Å²) in [6.45, 7) is -27.1. The zero-order valence-corrected chi connectivity index (χ0v) is 51.6. The largest absolute Gasteiger partial charge is 0.493 e. The van der Waals surface area contributed by atoms with Crippen LogP contribution in [0.15, 0.2) is 36.3 Å². The minimum Gasteiger partial charge on any atom is -0.493 e. The van der Waals surface area contributed by atoms with Crippen molar-refractivity contribution in [2.45, 2.75) is 195 Å². The van der Waals surface area contributed by atoms with E-state index in [1.807, 2.05) is 0 Å². The molecular weight excluding hydrogens is 1140 g/mol. The highest BCUT2D eigenvalue weighted by Crippen LogP contribution is 2.48. The molecular formula is C72H114N6O12. The van der Waals surface area contributed by atoms with E-state index in [0.717, 1.165) is 35.5 Å². The number of fused-ring (bicyclic) bond motifs is 9. The van der Waals surface area contributed by atoms with Crippen molar-refractivity contribution in [2.75, 3.05) is 81.6 Å². The van der Waals surface area contributed by atoms with E-state index < -0.39 is 358 Å². The number of piperidine rings is 3. The van der Waals surface area contributed by atoms with Gasteiger partial charge < -0.3 is 59.8 Å². The molecule has 18 heteroatoms. The summed E-state index contributed by atoms with van der Waals surface area (Å²) in [6.07, 6.45) is -49.9. The van der Waals surface area contributed by atoms with E-state index in [1.165, 1.54) is 41.5 Å². The molecule has 0 amide bonds. The highest BCUT2D eigenvalue weighted by atomic mass is 16.6. The molecule has 9 rings (SSSR count). The summed E-state index contributed by atoms with van der Waals surface area (Å²) in [6, 6.07) is -21.7. The molecule has 0 aromatic heterocycles. The number of benzene rings is 3. The summed E-state index contributed by atoms with van der Waals surface area (Å²) in [5.41, 5.74) is 10.6. The molecule has 3 aromatic carbocycles. The predicted octanol–water partition coefficient (Wildman–Crippen LogP) is 10.7. The van der Waals surface area contributed by atoms with Crippen molar-refractivity contribution in [1.82, 2.24) is 14.7 Å². The summed E-state index contributed by atoms with van der Waals surface area (Å²) < 4.78 is 555. The monoisotopic (exact) mass is 1310 g/mol. The maximum Gasteiger partial charge on any atom is 0.323 e. The van der Waals surface area contributed by atoms with Gasteiger partial charge in [-0.1, -0.05) is 82.9 Å². The van der Waals surface area contributed by atoms with E-state index in [1.54, 1.807) is 0 Å². The van der Waals surface area contributed by atoms with E-state index in [9.17, 15) is 40.4 Å². The number of nitrogens with two attached hydrogens (primary N) is 3. The van der Waals surface area contributed by atoms with Gasteiger partial charge in [0.15, 0.2) is 34.5 Å². The van der Waals surface area contributed by atoms with Crippen LogP contribution in [0.3, 0.4) is 0 Å². The smallest absolute Gasteiger partial charge is 0.323 e. The number of esters is 3. The Morgan fingerprint density at radius 3 is 1.13 bits per heavy atom. The molecule has 3 saturated heterocycles. The molecule has 3 aromatic rings. The van der Waals surface area contributed by atoms with Crippen molar-refractivity contribution >= 4 is 17.9 Å². The topological polar surface area (TPSA) is 222 Å². The van der Waals surface area contributed by atoms with Gasteiger partial charge in [-0.25, -0.2) is 0 Å². The minimum absolute atomic E-state index is 0.283. The summed E-state index contributed by atoms with van der Waals surface area (Å²) in [7, 11) is 1.40. The van der Waals surface area contributed by atoms with Gasteiger partial charge in [0.1, 0.15) is 36.4 Å². The molecule has 0 radical (unpaired) electrons. The molecule has 0 spiro atoms. The summed E-state index contributed by atoms with van der Waals surface area (Å²) in [5.74, 6) is -37.0. The summed E-state index contributed by atoms with van der Waals surface area (Å²) in [4.78, 5) is 39.0. The second kappa shape index (κ2) is 32.5. The van der Waals surface area contributed by atoms with Crippen LogP contribution in [0.25, 0.3) is 0 Å². The summed E-state index contributed by atoms with van der Waals surface area (Å²) >= 11 is 0. The van der Waals surface area contributed by atoms with Crippen molar-refractivity contribution in [1.29, 1.82) is 0 Å². The molecule has 504 valence electrons. The first-order chi connectivity index (χ1) is 65.1. The van der Waals surface area contributed by atoms with Gasteiger partial charge in [0.2, 0.25) is 0 Å². The average molecular weight is 1310 g/mol.